The first-order chi connectivity index (χ1) is 7.16. The zero-order valence-corrected chi connectivity index (χ0v) is 8.00. The van der Waals surface area contributed by atoms with E-state index < -0.39 is 4.92 Å². The molecule has 0 bridgehead atoms. The Morgan fingerprint density at radius 3 is 2.67 bits per heavy atom. The zero-order chi connectivity index (χ0) is 10.8. The van der Waals surface area contributed by atoms with Crippen LogP contribution in [-0.4, -0.2) is 22.2 Å². The highest BCUT2D eigenvalue weighted by molar-refractivity contribution is 5.45. The van der Waals surface area contributed by atoms with Crippen LogP contribution in [0.15, 0.2) is 24.3 Å². The fourth-order valence-electron chi connectivity index (χ4n) is 1.52. The van der Waals surface area contributed by atoms with Crippen molar-refractivity contribution in [2.24, 2.45) is 0 Å². The van der Waals surface area contributed by atoms with Gasteiger partial charge in [-0.1, -0.05) is 12.1 Å². The van der Waals surface area contributed by atoms with Crippen molar-refractivity contribution in [3.8, 4) is 5.75 Å². The first-order valence-electron chi connectivity index (χ1n) is 4.75. The van der Waals surface area contributed by atoms with Crippen LogP contribution in [0.5, 0.6) is 5.75 Å². The Kier molecular flexibility index (Phi) is 2.55. The molecule has 0 radical (unpaired) electrons. The Bertz CT molecular complexity index is 373. The van der Waals surface area contributed by atoms with Crippen LogP contribution in [0, 0.1) is 10.1 Å². The van der Waals surface area contributed by atoms with Gasteiger partial charge in [-0.05, 0) is 6.07 Å². The van der Waals surface area contributed by atoms with Gasteiger partial charge in [-0.15, -0.1) is 0 Å². The molecule has 5 nitrogen and oxygen atoms in total. The summed E-state index contributed by atoms with van der Waals surface area (Å²) in [5.74, 6) is 0.277. The summed E-state index contributed by atoms with van der Waals surface area (Å²) < 4.78 is 5.41. The predicted octanol–water partition coefficient (Wildman–Crippen LogP) is 1.50. The van der Waals surface area contributed by atoms with Crippen LogP contribution >= 0.6 is 0 Å². The minimum atomic E-state index is -0.468. The first kappa shape index (κ1) is 9.92. The summed E-state index contributed by atoms with van der Waals surface area (Å²) in [6, 6.07) is 6.27. The number of ether oxygens (including phenoxy) is 1. The molecule has 0 spiro atoms. The maximum absolute atomic E-state index is 10.7. The van der Waals surface area contributed by atoms with Gasteiger partial charge in [0.05, 0.1) is 11.0 Å². The summed E-state index contributed by atoms with van der Waals surface area (Å²) in [6.45, 7) is 0. The van der Waals surface area contributed by atoms with Crippen LogP contribution in [0.1, 0.15) is 12.8 Å². The van der Waals surface area contributed by atoms with Gasteiger partial charge in [0.1, 0.15) is 6.10 Å². The highest BCUT2D eigenvalue weighted by atomic mass is 16.6. The molecule has 2 rings (SSSR count). The van der Waals surface area contributed by atoms with E-state index in [0.29, 0.717) is 12.8 Å². The largest absolute Gasteiger partial charge is 0.483 e. The molecule has 5 heteroatoms. The Morgan fingerprint density at radius 2 is 2.07 bits per heavy atom. The van der Waals surface area contributed by atoms with E-state index in [0.717, 1.165) is 0 Å². The fraction of sp³-hybridized carbons (Fsp3) is 0.400. The molecule has 15 heavy (non-hydrogen) atoms. The number of nitro groups is 1. The summed E-state index contributed by atoms with van der Waals surface area (Å²) in [5.41, 5.74) is -0.0288. The molecule has 0 aliphatic heterocycles. The highest BCUT2D eigenvalue weighted by Crippen LogP contribution is 2.31. The third-order valence-corrected chi connectivity index (χ3v) is 2.43. The van der Waals surface area contributed by atoms with Crippen molar-refractivity contribution < 1.29 is 14.8 Å². The molecule has 0 heterocycles. The van der Waals surface area contributed by atoms with Crippen LogP contribution in [0.4, 0.5) is 5.69 Å². The minimum Gasteiger partial charge on any atom is -0.483 e. The van der Waals surface area contributed by atoms with Crippen molar-refractivity contribution in [3.63, 3.8) is 0 Å². The summed E-state index contributed by atoms with van der Waals surface area (Å²) in [4.78, 5) is 10.2. The minimum absolute atomic E-state index is 0.0288. The maximum atomic E-state index is 10.7. The lowest BCUT2D eigenvalue weighted by Gasteiger charge is -2.31. The number of aliphatic hydroxyl groups excluding tert-OH is 1. The van der Waals surface area contributed by atoms with E-state index in [2.05, 4.69) is 0 Å². The van der Waals surface area contributed by atoms with Gasteiger partial charge in [0.25, 0.3) is 0 Å². The molecule has 1 aliphatic rings. The van der Waals surface area contributed by atoms with Gasteiger partial charge in [0.2, 0.25) is 0 Å². The van der Waals surface area contributed by atoms with E-state index in [1.54, 1.807) is 18.2 Å². The number of hydrogen-bond acceptors (Lipinski definition) is 4. The van der Waals surface area contributed by atoms with Crippen LogP contribution in [0.3, 0.4) is 0 Å². The van der Waals surface area contributed by atoms with Crippen molar-refractivity contribution in [3.05, 3.63) is 34.4 Å². The van der Waals surface area contributed by atoms with Crippen molar-refractivity contribution in [2.45, 2.75) is 25.0 Å². The van der Waals surface area contributed by atoms with Crippen molar-refractivity contribution in [1.29, 1.82) is 0 Å². The molecule has 0 amide bonds. The maximum Gasteiger partial charge on any atom is 0.310 e. The second-order valence-corrected chi connectivity index (χ2v) is 3.59. The Balaban J connectivity index is 2.10. The third-order valence-electron chi connectivity index (χ3n) is 2.43. The zero-order valence-electron chi connectivity index (χ0n) is 8.00. The van der Waals surface area contributed by atoms with Crippen molar-refractivity contribution in [1.82, 2.24) is 0 Å². The van der Waals surface area contributed by atoms with Gasteiger partial charge in [0.15, 0.2) is 5.75 Å². The van der Waals surface area contributed by atoms with E-state index >= 15 is 0 Å². The molecule has 1 saturated carbocycles. The molecular formula is C10H11NO4. The number of rotatable bonds is 3. The molecule has 0 aromatic heterocycles. The van der Waals surface area contributed by atoms with Gasteiger partial charge >= 0.3 is 5.69 Å². The fourth-order valence-corrected chi connectivity index (χ4v) is 1.52. The summed E-state index contributed by atoms with van der Waals surface area (Å²) in [6.07, 6.45) is 0.678. The third kappa shape index (κ3) is 2.07. The SMILES string of the molecule is O=[N+]([O-])c1ccccc1OC1CC(O)C1. The second kappa shape index (κ2) is 3.86. The molecule has 1 N–H and O–H groups in total. The van der Waals surface area contributed by atoms with Crippen LogP contribution in [-0.2, 0) is 0 Å². The van der Waals surface area contributed by atoms with E-state index in [1.165, 1.54) is 6.07 Å². The topological polar surface area (TPSA) is 72.6 Å². The molecule has 0 unspecified atom stereocenters. The lowest BCUT2D eigenvalue weighted by molar-refractivity contribution is -0.386. The van der Waals surface area contributed by atoms with Crippen LogP contribution in [0.2, 0.25) is 0 Å². The molecule has 1 aliphatic carbocycles. The van der Waals surface area contributed by atoms with Crippen LogP contribution < -0.4 is 4.74 Å². The van der Waals surface area contributed by atoms with E-state index in [4.69, 9.17) is 9.84 Å². The smallest absolute Gasteiger partial charge is 0.310 e. The van der Waals surface area contributed by atoms with Gasteiger partial charge in [-0.2, -0.15) is 0 Å². The number of aliphatic hydroxyl groups is 1. The molecule has 0 saturated heterocycles. The second-order valence-electron chi connectivity index (χ2n) is 3.59. The Hall–Kier alpha value is -1.62. The molecule has 1 aromatic carbocycles. The van der Waals surface area contributed by atoms with Crippen LogP contribution in [0.25, 0.3) is 0 Å². The summed E-state index contributed by atoms with van der Waals surface area (Å²) >= 11 is 0. The first-order valence-corrected chi connectivity index (χ1v) is 4.75. The normalized spacial score (nSPS) is 24.3. The molecule has 1 aromatic rings. The van der Waals surface area contributed by atoms with Crippen molar-refractivity contribution in [2.75, 3.05) is 0 Å². The molecule has 80 valence electrons. The van der Waals surface area contributed by atoms with Crippen molar-refractivity contribution >= 4 is 5.69 Å². The monoisotopic (exact) mass is 209 g/mol. The molecular weight excluding hydrogens is 198 g/mol. The quantitative estimate of drug-likeness (QED) is 0.604. The average molecular weight is 209 g/mol. The summed E-state index contributed by atoms with van der Waals surface area (Å²) in [7, 11) is 0. The average Bonchev–Trinajstić information content (AvgIpc) is 2.16. The molecule has 0 atom stereocenters. The Labute approximate surface area is 86.4 Å². The van der Waals surface area contributed by atoms with E-state index in [1.807, 2.05) is 0 Å². The number of nitrogens with zero attached hydrogens (tertiary/aromatic N) is 1. The summed E-state index contributed by atoms with van der Waals surface area (Å²) in [5, 5.41) is 19.7. The van der Waals surface area contributed by atoms with Gasteiger partial charge < -0.3 is 9.84 Å². The van der Waals surface area contributed by atoms with E-state index in [-0.39, 0.29) is 23.6 Å². The lowest BCUT2D eigenvalue weighted by Crippen LogP contribution is -2.37. The predicted molar refractivity (Wildman–Crippen MR) is 52.8 cm³/mol. The lowest BCUT2D eigenvalue weighted by atomic mass is 9.92. The Morgan fingerprint density at radius 1 is 1.40 bits per heavy atom. The van der Waals surface area contributed by atoms with Gasteiger partial charge in [-0.25, -0.2) is 0 Å². The standard InChI is InChI=1S/C10H11NO4/c12-7-5-8(6-7)15-10-4-2-1-3-9(10)11(13)14/h1-4,7-8,12H,5-6H2. The number of hydrogen-bond donors (Lipinski definition) is 1. The van der Waals surface area contributed by atoms with Gasteiger partial charge in [0, 0.05) is 18.9 Å². The van der Waals surface area contributed by atoms with E-state index in [9.17, 15) is 10.1 Å². The van der Waals surface area contributed by atoms with Gasteiger partial charge in [-0.3, -0.25) is 10.1 Å². The highest BCUT2D eigenvalue weighted by Gasteiger charge is 2.30. The number of nitro benzene ring substituents is 1. The number of benzene rings is 1. The molecule has 1 fully saturated rings. The number of para-hydroxylation sites is 2.